The van der Waals surface area contributed by atoms with Crippen molar-refractivity contribution >= 4 is 11.2 Å². The number of pyridine rings is 1. The molecule has 19 heavy (non-hydrogen) atoms. The van der Waals surface area contributed by atoms with Crippen molar-refractivity contribution in [3.8, 4) is 0 Å². The van der Waals surface area contributed by atoms with Crippen molar-refractivity contribution in [2.24, 2.45) is 0 Å². The summed E-state index contributed by atoms with van der Waals surface area (Å²) in [5.74, 6) is -0.293. The van der Waals surface area contributed by atoms with Crippen molar-refractivity contribution in [2.75, 3.05) is 13.1 Å². The Morgan fingerprint density at radius 1 is 1.32 bits per heavy atom. The van der Waals surface area contributed by atoms with E-state index in [-0.39, 0.29) is 30.1 Å². The van der Waals surface area contributed by atoms with E-state index in [1.165, 1.54) is 0 Å². The largest absolute Gasteiger partial charge is 0.438 e. The molecule has 3 rings (SSSR count). The highest BCUT2D eigenvalue weighted by atomic mass is 19.4. The summed E-state index contributed by atoms with van der Waals surface area (Å²) in [5, 5.41) is 2.73. The Hall–Kier alpha value is -1.63. The molecule has 0 aliphatic carbocycles. The van der Waals surface area contributed by atoms with Crippen LogP contribution in [0, 0.1) is 6.92 Å². The zero-order chi connectivity index (χ0) is 13.7. The Balaban J connectivity index is 2.16. The molecule has 0 spiro atoms. The maximum atomic E-state index is 13.3. The lowest BCUT2D eigenvalue weighted by Gasteiger charge is -2.27. The number of nitrogens with zero attached hydrogens (tertiary/aromatic N) is 2. The second-order valence-electron chi connectivity index (χ2n) is 4.80. The summed E-state index contributed by atoms with van der Waals surface area (Å²) >= 11 is 0. The molecule has 0 bridgehead atoms. The van der Waals surface area contributed by atoms with Gasteiger partial charge >= 0.3 is 6.18 Å². The monoisotopic (exact) mass is 271 g/mol. The van der Waals surface area contributed by atoms with E-state index in [1.807, 2.05) is 0 Å². The minimum Gasteiger partial charge on any atom is -0.438 e. The van der Waals surface area contributed by atoms with Crippen molar-refractivity contribution in [2.45, 2.75) is 24.9 Å². The minimum absolute atomic E-state index is 0.0672. The van der Waals surface area contributed by atoms with Gasteiger partial charge in [0.2, 0.25) is 5.89 Å². The average Bonchev–Trinajstić information content (AvgIpc) is 2.93. The van der Waals surface area contributed by atoms with Crippen molar-refractivity contribution in [3.05, 3.63) is 23.7 Å². The normalized spacial score (nSPS) is 24.2. The standard InChI is InChI=1S/C12H12F3N3O/c1-7-2-3-8-9(17-7)18-10(19-8)11(12(13,14)15)4-5-16-6-11/h2-3,16H,4-6H2,1H3. The molecule has 2 aromatic rings. The Morgan fingerprint density at radius 3 is 2.74 bits per heavy atom. The SMILES string of the molecule is Cc1ccc2oc(C3(C(F)(F)F)CCNC3)nc2n1. The smallest absolute Gasteiger partial charge is 0.404 e. The third kappa shape index (κ3) is 1.80. The van der Waals surface area contributed by atoms with E-state index in [2.05, 4.69) is 15.3 Å². The van der Waals surface area contributed by atoms with Crippen LogP contribution in [0.5, 0.6) is 0 Å². The summed E-state index contributed by atoms with van der Waals surface area (Å²) in [6, 6.07) is 3.28. The number of aromatic nitrogens is 2. The third-order valence-electron chi connectivity index (χ3n) is 3.50. The van der Waals surface area contributed by atoms with Crippen LogP contribution < -0.4 is 5.32 Å². The number of nitrogens with one attached hydrogen (secondary N) is 1. The summed E-state index contributed by atoms with van der Waals surface area (Å²) in [6.45, 7) is 1.84. The maximum Gasteiger partial charge on any atom is 0.404 e. The number of hydrogen-bond donors (Lipinski definition) is 1. The quantitative estimate of drug-likeness (QED) is 0.864. The van der Waals surface area contributed by atoms with Crippen LogP contribution in [0.25, 0.3) is 11.2 Å². The molecule has 2 aromatic heterocycles. The van der Waals surface area contributed by atoms with Crippen LogP contribution in [0.4, 0.5) is 13.2 Å². The minimum atomic E-state index is -4.40. The first-order chi connectivity index (χ1) is 8.92. The van der Waals surface area contributed by atoms with Gasteiger partial charge in [-0.2, -0.15) is 18.2 Å². The second kappa shape index (κ2) is 3.93. The molecule has 1 unspecified atom stereocenters. The van der Waals surface area contributed by atoms with Gasteiger partial charge in [-0.15, -0.1) is 0 Å². The van der Waals surface area contributed by atoms with Crippen LogP contribution in [0.2, 0.25) is 0 Å². The fraction of sp³-hybridized carbons (Fsp3) is 0.500. The number of alkyl halides is 3. The lowest BCUT2D eigenvalue weighted by atomic mass is 9.86. The summed E-state index contributed by atoms with van der Waals surface area (Å²) in [7, 11) is 0. The van der Waals surface area contributed by atoms with E-state index >= 15 is 0 Å². The Labute approximate surface area is 107 Å². The Kier molecular flexibility index (Phi) is 2.57. The van der Waals surface area contributed by atoms with Gasteiger partial charge in [-0.05, 0) is 32.0 Å². The lowest BCUT2D eigenvalue weighted by Crippen LogP contribution is -2.44. The molecule has 0 radical (unpaired) electrons. The first-order valence-electron chi connectivity index (χ1n) is 5.94. The zero-order valence-corrected chi connectivity index (χ0v) is 10.2. The molecule has 0 amide bonds. The Bertz CT molecular complexity index is 614. The average molecular weight is 271 g/mol. The number of aryl methyl sites for hydroxylation is 1. The topological polar surface area (TPSA) is 51.0 Å². The molecule has 1 aliphatic rings. The maximum absolute atomic E-state index is 13.3. The van der Waals surface area contributed by atoms with Gasteiger partial charge in [-0.3, -0.25) is 0 Å². The van der Waals surface area contributed by atoms with Crippen LogP contribution in [0.15, 0.2) is 16.5 Å². The van der Waals surface area contributed by atoms with Gasteiger partial charge in [-0.1, -0.05) is 0 Å². The number of hydrogen-bond acceptors (Lipinski definition) is 4. The molecule has 7 heteroatoms. The Morgan fingerprint density at radius 2 is 2.11 bits per heavy atom. The molecular weight excluding hydrogens is 259 g/mol. The van der Waals surface area contributed by atoms with E-state index in [0.717, 1.165) is 0 Å². The summed E-state index contributed by atoms with van der Waals surface area (Å²) in [5.41, 5.74) is -0.832. The van der Waals surface area contributed by atoms with Crippen LogP contribution in [-0.4, -0.2) is 29.2 Å². The number of halogens is 3. The molecule has 1 aliphatic heterocycles. The predicted molar refractivity (Wildman–Crippen MR) is 61.8 cm³/mol. The van der Waals surface area contributed by atoms with Crippen LogP contribution in [0.1, 0.15) is 18.0 Å². The van der Waals surface area contributed by atoms with Gasteiger partial charge in [0, 0.05) is 12.2 Å². The summed E-state index contributed by atoms with van der Waals surface area (Å²) < 4.78 is 45.4. The highest BCUT2D eigenvalue weighted by molar-refractivity contribution is 5.68. The predicted octanol–water partition coefficient (Wildman–Crippen LogP) is 2.32. The fourth-order valence-corrected chi connectivity index (χ4v) is 2.36. The zero-order valence-electron chi connectivity index (χ0n) is 10.2. The number of rotatable bonds is 1. The number of oxazole rings is 1. The van der Waals surface area contributed by atoms with Crippen molar-refractivity contribution in [1.82, 2.24) is 15.3 Å². The van der Waals surface area contributed by atoms with Gasteiger partial charge < -0.3 is 9.73 Å². The van der Waals surface area contributed by atoms with E-state index in [0.29, 0.717) is 12.2 Å². The van der Waals surface area contributed by atoms with E-state index in [1.54, 1.807) is 19.1 Å². The molecule has 1 N–H and O–H groups in total. The first-order valence-corrected chi connectivity index (χ1v) is 5.94. The molecule has 3 heterocycles. The van der Waals surface area contributed by atoms with Gasteiger partial charge in [-0.25, -0.2) is 4.98 Å². The third-order valence-corrected chi connectivity index (χ3v) is 3.50. The molecule has 1 fully saturated rings. The van der Waals surface area contributed by atoms with Gasteiger partial charge in [0.15, 0.2) is 16.6 Å². The fourth-order valence-electron chi connectivity index (χ4n) is 2.36. The molecule has 102 valence electrons. The number of fused-ring (bicyclic) bond motifs is 1. The van der Waals surface area contributed by atoms with Crippen LogP contribution in [-0.2, 0) is 5.41 Å². The van der Waals surface area contributed by atoms with Crippen LogP contribution in [0.3, 0.4) is 0 Å². The van der Waals surface area contributed by atoms with Gasteiger partial charge in [0.05, 0.1) is 0 Å². The van der Waals surface area contributed by atoms with Crippen molar-refractivity contribution in [3.63, 3.8) is 0 Å². The van der Waals surface area contributed by atoms with Gasteiger partial charge in [0.25, 0.3) is 0 Å². The molecule has 1 saturated heterocycles. The van der Waals surface area contributed by atoms with E-state index < -0.39 is 11.6 Å². The lowest BCUT2D eigenvalue weighted by molar-refractivity contribution is -0.190. The van der Waals surface area contributed by atoms with Gasteiger partial charge in [0.1, 0.15) is 0 Å². The highest BCUT2D eigenvalue weighted by Gasteiger charge is 2.60. The summed E-state index contributed by atoms with van der Waals surface area (Å²) in [6.07, 6.45) is -4.46. The molecule has 0 saturated carbocycles. The summed E-state index contributed by atoms with van der Waals surface area (Å²) in [4.78, 5) is 8.04. The molecule has 1 atom stereocenters. The van der Waals surface area contributed by atoms with Crippen LogP contribution >= 0.6 is 0 Å². The molecular formula is C12H12F3N3O. The second-order valence-corrected chi connectivity index (χ2v) is 4.80. The highest BCUT2D eigenvalue weighted by Crippen LogP contribution is 2.45. The van der Waals surface area contributed by atoms with Crippen molar-refractivity contribution in [1.29, 1.82) is 0 Å². The van der Waals surface area contributed by atoms with E-state index in [4.69, 9.17) is 4.42 Å². The molecule has 0 aromatic carbocycles. The van der Waals surface area contributed by atoms with E-state index in [9.17, 15) is 13.2 Å². The van der Waals surface area contributed by atoms with Crippen molar-refractivity contribution < 1.29 is 17.6 Å². The molecule has 4 nitrogen and oxygen atoms in total. The first kappa shape index (κ1) is 12.4.